The Hall–Kier alpha value is -4.55. The molecular weight excluding hydrogens is 492 g/mol. The van der Waals surface area contributed by atoms with Crippen molar-refractivity contribution in [2.75, 3.05) is 19.4 Å². The number of rotatable bonds is 11. The second-order valence-electron chi connectivity index (χ2n) is 9.36. The van der Waals surface area contributed by atoms with Gasteiger partial charge in [0.15, 0.2) is 5.65 Å². The van der Waals surface area contributed by atoms with Crippen LogP contribution in [-0.4, -0.2) is 72.6 Å². The van der Waals surface area contributed by atoms with E-state index in [1.165, 1.54) is 27.9 Å². The maximum Gasteiger partial charge on any atom is 0.405 e. The number of hydrogen-bond donors (Lipinski definition) is 4. The minimum Gasteiger partial charge on any atom is -0.465 e. The van der Waals surface area contributed by atoms with Crippen LogP contribution in [-0.2, 0) is 22.6 Å². The predicted molar refractivity (Wildman–Crippen MR) is 141 cm³/mol. The van der Waals surface area contributed by atoms with Gasteiger partial charge in [0.25, 0.3) is 5.56 Å². The normalized spacial score (nSPS) is 12.1. The van der Waals surface area contributed by atoms with Crippen LogP contribution in [0.4, 0.5) is 10.5 Å². The first-order valence-electron chi connectivity index (χ1n) is 12.1. The second-order valence-corrected chi connectivity index (χ2v) is 9.36. The van der Waals surface area contributed by atoms with E-state index >= 15 is 0 Å². The first-order chi connectivity index (χ1) is 18.0. The Bertz CT molecular complexity index is 1390. The fourth-order valence-corrected chi connectivity index (χ4v) is 3.69. The molecule has 0 bridgehead atoms. The lowest BCUT2D eigenvalue weighted by atomic mass is 10.1. The van der Waals surface area contributed by atoms with E-state index in [1.54, 1.807) is 32.4 Å². The minimum absolute atomic E-state index is 0.00980. The number of nitrogens with one attached hydrogen (secondary N) is 3. The molecule has 0 aliphatic rings. The molecule has 3 amide bonds. The summed E-state index contributed by atoms with van der Waals surface area (Å²) in [4.78, 5) is 66.4. The van der Waals surface area contributed by atoms with Crippen LogP contribution in [0.5, 0.6) is 0 Å². The number of imidazole rings is 1. The van der Waals surface area contributed by atoms with Gasteiger partial charge in [-0.3, -0.25) is 14.4 Å². The molecule has 0 aliphatic carbocycles. The molecule has 1 atom stereocenters. The highest BCUT2D eigenvalue weighted by Crippen LogP contribution is 2.16. The van der Waals surface area contributed by atoms with Gasteiger partial charge in [-0.05, 0) is 43.4 Å². The van der Waals surface area contributed by atoms with Crippen molar-refractivity contribution in [1.82, 2.24) is 34.7 Å². The Morgan fingerprint density at radius 2 is 2.00 bits per heavy atom. The zero-order valence-electron chi connectivity index (χ0n) is 21.8. The average Bonchev–Trinajstić information content (AvgIpc) is 3.26. The molecule has 3 aromatic heterocycles. The van der Waals surface area contributed by atoms with Gasteiger partial charge >= 0.3 is 6.09 Å². The molecule has 0 radical (unpaired) electrons. The van der Waals surface area contributed by atoms with Gasteiger partial charge in [0.1, 0.15) is 29.4 Å². The molecule has 3 aromatic rings. The van der Waals surface area contributed by atoms with Crippen LogP contribution in [0, 0.1) is 5.92 Å². The largest absolute Gasteiger partial charge is 0.465 e. The van der Waals surface area contributed by atoms with Crippen molar-refractivity contribution >= 4 is 34.8 Å². The van der Waals surface area contributed by atoms with Crippen molar-refractivity contribution in [3.8, 4) is 0 Å². The van der Waals surface area contributed by atoms with E-state index in [2.05, 4.69) is 44.4 Å². The molecular formula is C25H32N8O5. The van der Waals surface area contributed by atoms with Crippen LogP contribution in [0.25, 0.3) is 11.2 Å². The topological polar surface area (TPSA) is 175 Å². The van der Waals surface area contributed by atoms with E-state index in [-0.39, 0.29) is 31.0 Å². The van der Waals surface area contributed by atoms with Gasteiger partial charge in [0.2, 0.25) is 11.8 Å². The highest BCUT2D eigenvalue weighted by atomic mass is 16.4. The van der Waals surface area contributed by atoms with Crippen molar-refractivity contribution in [1.29, 1.82) is 0 Å². The summed E-state index contributed by atoms with van der Waals surface area (Å²) in [6.45, 7) is 4.27. The van der Waals surface area contributed by atoms with Crippen LogP contribution in [0.3, 0.4) is 0 Å². The molecule has 13 heteroatoms. The fourth-order valence-electron chi connectivity index (χ4n) is 3.69. The number of hydrogen-bond acceptors (Lipinski definition) is 7. The molecule has 0 fully saturated rings. The maximum absolute atomic E-state index is 13.1. The molecule has 0 aliphatic heterocycles. The number of H-pyrrole nitrogens is 1. The van der Waals surface area contributed by atoms with E-state index in [0.29, 0.717) is 22.9 Å². The molecule has 4 N–H and O–H groups in total. The third kappa shape index (κ3) is 7.48. The Labute approximate surface area is 219 Å². The van der Waals surface area contributed by atoms with Crippen LogP contribution >= 0.6 is 0 Å². The molecule has 3 rings (SSSR count). The number of carbonyl (C=O) groups is 3. The third-order valence-electron chi connectivity index (χ3n) is 5.54. The van der Waals surface area contributed by atoms with Gasteiger partial charge in [0.05, 0.1) is 12.2 Å². The average molecular weight is 525 g/mol. The summed E-state index contributed by atoms with van der Waals surface area (Å²) in [7, 11) is 3.21. The molecule has 0 saturated carbocycles. The van der Waals surface area contributed by atoms with Crippen molar-refractivity contribution in [2.24, 2.45) is 5.92 Å². The molecule has 13 nitrogen and oxygen atoms in total. The summed E-state index contributed by atoms with van der Waals surface area (Å²) < 4.78 is 1.37. The second kappa shape index (κ2) is 12.6. The third-order valence-corrected chi connectivity index (χ3v) is 5.54. The smallest absolute Gasteiger partial charge is 0.405 e. The van der Waals surface area contributed by atoms with Crippen LogP contribution in [0.2, 0.25) is 0 Å². The molecule has 0 aromatic carbocycles. The Kier molecular flexibility index (Phi) is 9.30. The highest BCUT2D eigenvalue weighted by molar-refractivity contribution is 5.96. The number of carboxylic acid groups (broad SMARTS) is 1. The maximum atomic E-state index is 13.1. The molecule has 0 saturated heterocycles. The number of carbonyl (C=O) groups excluding carboxylic acids is 2. The number of aromatic nitrogens is 5. The molecule has 1 unspecified atom stereocenters. The van der Waals surface area contributed by atoms with Gasteiger partial charge < -0.3 is 30.2 Å². The lowest BCUT2D eigenvalue weighted by Crippen LogP contribution is -2.44. The Morgan fingerprint density at radius 1 is 1.24 bits per heavy atom. The quantitative estimate of drug-likeness (QED) is 0.274. The van der Waals surface area contributed by atoms with Crippen molar-refractivity contribution in [3.05, 3.63) is 58.7 Å². The first kappa shape index (κ1) is 28.0. The summed E-state index contributed by atoms with van der Waals surface area (Å²) in [6.07, 6.45) is 5.66. The number of anilines is 1. The lowest BCUT2D eigenvalue weighted by Gasteiger charge is -2.16. The predicted octanol–water partition coefficient (Wildman–Crippen LogP) is 1.76. The number of allylic oxidation sites excluding steroid dienone is 1. The molecule has 0 spiro atoms. The monoisotopic (exact) mass is 524 g/mol. The van der Waals surface area contributed by atoms with E-state index in [1.807, 2.05) is 0 Å². The Balaban J connectivity index is 1.74. The van der Waals surface area contributed by atoms with Crippen molar-refractivity contribution < 1.29 is 19.5 Å². The number of likely N-dealkylation sites (N-methyl/N-ethyl adjacent to an activating group) is 1. The fraction of sp³-hybridized carbons (Fsp3) is 0.400. The van der Waals surface area contributed by atoms with Crippen LogP contribution in [0.15, 0.2) is 41.6 Å². The minimum atomic E-state index is -1.38. The number of nitrogens with zero attached hydrogens (tertiary/aromatic N) is 5. The highest BCUT2D eigenvalue weighted by Gasteiger charge is 2.21. The van der Waals surface area contributed by atoms with Crippen LogP contribution in [0.1, 0.15) is 38.2 Å². The van der Waals surface area contributed by atoms with Gasteiger partial charge in [-0.15, -0.1) is 0 Å². The summed E-state index contributed by atoms with van der Waals surface area (Å²) >= 11 is 0. The van der Waals surface area contributed by atoms with E-state index in [4.69, 9.17) is 5.11 Å². The number of pyridine rings is 1. The number of aromatic amines is 1. The first-order valence-corrected chi connectivity index (χ1v) is 12.1. The SMILES string of the molecule is CC(C)Cc1ncnc2[nH]c(Cn3cccc(NC(=O)C(CCC=CC(=O)N(C)C)NC(=O)O)c3=O)nc12. The van der Waals surface area contributed by atoms with Gasteiger partial charge in [-0.25, -0.2) is 19.7 Å². The lowest BCUT2D eigenvalue weighted by molar-refractivity contribution is -0.123. The van der Waals surface area contributed by atoms with Crippen molar-refractivity contribution in [3.63, 3.8) is 0 Å². The molecule has 38 heavy (non-hydrogen) atoms. The zero-order valence-corrected chi connectivity index (χ0v) is 21.8. The van der Waals surface area contributed by atoms with E-state index in [0.717, 1.165) is 12.1 Å². The standard InChI is InChI=1S/C25H32N8O5/c1-15(2)12-18-21-22(27-14-26-18)31-19(30-21)13-33-11-7-9-17(24(33)36)28-23(35)16(29-25(37)38)8-5-6-10-20(34)32(3)4/h6-7,9-11,14-16,29H,5,8,12-13H2,1-4H3,(H,28,35)(H,37,38)(H,26,27,30,31). The summed E-state index contributed by atoms with van der Waals surface area (Å²) in [5.41, 5.74) is 1.55. The zero-order chi connectivity index (χ0) is 27.8. The van der Waals surface area contributed by atoms with E-state index < -0.39 is 23.6 Å². The van der Waals surface area contributed by atoms with Crippen molar-refractivity contribution in [2.45, 2.75) is 45.7 Å². The van der Waals surface area contributed by atoms with Gasteiger partial charge in [-0.2, -0.15) is 0 Å². The van der Waals surface area contributed by atoms with E-state index in [9.17, 15) is 19.2 Å². The van der Waals surface area contributed by atoms with Gasteiger partial charge in [-0.1, -0.05) is 19.9 Å². The Morgan fingerprint density at radius 3 is 2.68 bits per heavy atom. The summed E-state index contributed by atoms with van der Waals surface area (Å²) in [5, 5.41) is 13.8. The summed E-state index contributed by atoms with van der Waals surface area (Å²) in [6, 6.07) is 1.90. The molecule has 202 valence electrons. The molecule has 3 heterocycles. The number of amides is 3. The van der Waals surface area contributed by atoms with Gasteiger partial charge in [0, 0.05) is 20.3 Å². The van der Waals surface area contributed by atoms with Crippen LogP contribution < -0.4 is 16.2 Å². The number of fused-ring (bicyclic) bond motifs is 1. The summed E-state index contributed by atoms with van der Waals surface area (Å²) in [5.74, 6) is -0.0330.